The van der Waals surface area contributed by atoms with Gasteiger partial charge in [0, 0.05) is 0 Å². The van der Waals surface area contributed by atoms with Gasteiger partial charge in [-0.3, -0.25) is 0 Å². The lowest BCUT2D eigenvalue weighted by molar-refractivity contribution is -0.903. The van der Waals surface area contributed by atoms with E-state index in [1.807, 2.05) is 24.3 Å². The Labute approximate surface area is 154 Å². The standard InChI is InChI=1S/C21H27FN2O2/c1-2-17-7-9-19(10-8-17)26-16-18(25)15-23-11-13-24(14-12-23)21-6-4-3-5-20(21)22/h3-10,18,25H,2,11-16H2,1H3/p+1/t18-/m1/s1. The first-order valence-corrected chi connectivity index (χ1v) is 9.38. The van der Waals surface area contributed by atoms with Gasteiger partial charge < -0.3 is 19.6 Å². The quantitative estimate of drug-likeness (QED) is 0.787. The van der Waals surface area contributed by atoms with Crippen molar-refractivity contribution in [2.24, 2.45) is 0 Å². The average Bonchev–Trinajstić information content (AvgIpc) is 2.68. The molecule has 0 saturated carbocycles. The molecule has 4 nitrogen and oxygen atoms in total. The fourth-order valence-corrected chi connectivity index (χ4v) is 3.38. The number of hydrogen-bond acceptors (Lipinski definition) is 3. The van der Waals surface area contributed by atoms with Gasteiger partial charge in [0.1, 0.15) is 30.8 Å². The monoisotopic (exact) mass is 359 g/mol. The molecule has 2 N–H and O–H groups in total. The van der Waals surface area contributed by atoms with Gasteiger partial charge in [0.2, 0.25) is 0 Å². The summed E-state index contributed by atoms with van der Waals surface area (Å²) in [6.45, 7) is 6.43. The van der Waals surface area contributed by atoms with E-state index in [1.54, 1.807) is 6.07 Å². The van der Waals surface area contributed by atoms with Crippen molar-refractivity contribution in [2.75, 3.05) is 44.2 Å². The SMILES string of the molecule is CCc1ccc(OC[C@H](O)C[NH+]2CCN(c3ccccc3F)CC2)cc1. The minimum Gasteiger partial charge on any atom is -0.491 e. The van der Waals surface area contributed by atoms with Crippen LogP contribution in [-0.4, -0.2) is 50.5 Å². The van der Waals surface area contributed by atoms with Crippen molar-refractivity contribution in [2.45, 2.75) is 19.4 Å². The van der Waals surface area contributed by atoms with E-state index >= 15 is 0 Å². The maximum absolute atomic E-state index is 13.9. The zero-order chi connectivity index (χ0) is 18.4. The maximum atomic E-state index is 13.9. The smallest absolute Gasteiger partial charge is 0.146 e. The van der Waals surface area contributed by atoms with E-state index in [-0.39, 0.29) is 5.82 Å². The Balaban J connectivity index is 1.41. The molecule has 1 aliphatic heterocycles. The Morgan fingerprint density at radius 3 is 2.46 bits per heavy atom. The minimum absolute atomic E-state index is 0.168. The molecule has 0 spiro atoms. The lowest BCUT2D eigenvalue weighted by Crippen LogP contribution is -3.16. The van der Waals surface area contributed by atoms with Crippen molar-refractivity contribution in [1.29, 1.82) is 0 Å². The van der Waals surface area contributed by atoms with Gasteiger partial charge in [-0.05, 0) is 36.2 Å². The van der Waals surface area contributed by atoms with Crippen LogP contribution in [0, 0.1) is 5.82 Å². The normalized spacial score (nSPS) is 16.5. The van der Waals surface area contributed by atoms with Gasteiger partial charge in [-0.25, -0.2) is 4.39 Å². The summed E-state index contributed by atoms with van der Waals surface area (Å²) in [6, 6.07) is 14.9. The molecule has 1 saturated heterocycles. The van der Waals surface area contributed by atoms with Gasteiger partial charge in [0.15, 0.2) is 0 Å². The van der Waals surface area contributed by atoms with Crippen LogP contribution in [-0.2, 0) is 6.42 Å². The summed E-state index contributed by atoms with van der Waals surface area (Å²) in [5, 5.41) is 10.3. The third-order valence-electron chi connectivity index (χ3n) is 4.96. The molecule has 1 heterocycles. The molecule has 0 aliphatic carbocycles. The zero-order valence-corrected chi connectivity index (χ0v) is 15.3. The molecular formula is C21H28FN2O2+. The Kier molecular flexibility index (Phi) is 6.47. The van der Waals surface area contributed by atoms with Crippen LogP contribution in [0.5, 0.6) is 5.75 Å². The molecule has 140 valence electrons. The minimum atomic E-state index is -0.504. The molecule has 0 amide bonds. The molecule has 0 unspecified atom stereocenters. The van der Waals surface area contributed by atoms with Gasteiger partial charge in [-0.2, -0.15) is 0 Å². The molecule has 2 aromatic carbocycles. The van der Waals surface area contributed by atoms with E-state index in [1.165, 1.54) is 16.5 Å². The third-order valence-corrected chi connectivity index (χ3v) is 4.96. The number of rotatable bonds is 7. The molecule has 0 bridgehead atoms. The summed E-state index contributed by atoms with van der Waals surface area (Å²) in [5.41, 5.74) is 1.95. The average molecular weight is 359 g/mol. The van der Waals surface area contributed by atoms with Crippen LogP contribution in [0.3, 0.4) is 0 Å². The van der Waals surface area contributed by atoms with E-state index in [0.29, 0.717) is 18.8 Å². The Morgan fingerprint density at radius 2 is 1.81 bits per heavy atom. The van der Waals surface area contributed by atoms with Crippen molar-refractivity contribution in [3.8, 4) is 5.75 Å². The molecule has 2 aromatic rings. The van der Waals surface area contributed by atoms with E-state index < -0.39 is 6.10 Å². The highest BCUT2D eigenvalue weighted by atomic mass is 19.1. The number of para-hydroxylation sites is 1. The van der Waals surface area contributed by atoms with Gasteiger partial charge >= 0.3 is 0 Å². The number of hydrogen-bond donors (Lipinski definition) is 2. The van der Waals surface area contributed by atoms with Gasteiger partial charge in [-0.15, -0.1) is 0 Å². The molecule has 26 heavy (non-hydrogen) atoms. The second-order valence-corrected chi connectivity index (χ2v) is 6.85. The first-order valence-electron chi connectivity index (χ1n) is 9.38. The lowest BCUT2D eigenvalue weighted by Gasteiger charge is -2.34. The number of nitrogens with zero attached hydrogens (tertiary/aromatic N) is 1. The molecule has 1 aliphatic rings. The summed E-state index contributed by atoms with van der Waals surface area (Å²) < 4.78 is 19.6. The summed E-state index contributed by atoms with van der Waals surface area (Å²) in [7, 11) is 0. The number of nitrogens with one attached hydrogen (secondary N) is 1. The molecule has 3 rings (SSSR count). The number of quaternary nitrogens is 1. The fraction of sp³-hybridized carbons (Fsp3) is 0.429. The van der Waals surface area contributed by atoms with Crippen molar-refractivity contribution in [3.05, 3.63) is 59.9 Å². The predicted molar refractivity (Wildman–Crippen MR) is 101 cm³/mol. The number of ether oxygens (including phenoxy) is 1. The van der Waals surface area contributed by atoms with Gasteiger partial charge in [0.25, 0.3) is 0 Å². The number of piperazine rings is 1. The molecular weight excluding hydrogens is 331 g/mol. The van der Waals surface area contributed by atoms with Gasteiger partial charge in [-0.1, -0.05) is 31.2 Å². The highest BCUT2D eigenvalue weighted by Gasteiger charge is 2.24. The van der Waals surface area contributed by atoms with Crippen LogP contribution in [0.1, 0.15) is 12.5 Å². The van der Waals surface area contributed by atoms with Crippen molar-refractivity contribution in [1.82, 2.24) is 0 Å². The number of aliphatic hydroxyl groups is 1. The van der Waals surface area contributed by atoms with E-state index in [0.717, 1.165) is 38.3 Å². The summed E-state index contributed by atoms with van der Waals surface area (Å²) >= 11 is 0. The summed E-state index contributed by atoms with van der Waals surface area (Å²) in [5.74, 6) is 0.624. The summed E-state index contributed by atoms with van der Waals surface area (Å²) in [6.07, 6.45) is 0.501. The maximum Gasteiger partial charge on any atom is 0.146 e. The third kappa shape index (κ3) is 4.96. The lowest BCUT2D eigenvalue weighted by atomic mass is 10.2. The molecule has 1 atom stereocenters. The van der Waals surface area contributed by atoms with E-state index in [2.05, 4.69) is 24.0 Å². The van der Waals surface area contributed by atoms with E-state index in [9.17, 15) is 9.50 Å². The molecule has 0 radical (unpaired) electrons. The van der Waals surface area contributed by atoms with Crippen molar-refractivity contribution < 1.29 is 19.1 Å². The summed E-state index contributed by atoms with van der Waals surface area (Å²) in [4.78, 5) is 3.41. The zero-order valence-electron chi connectivity index (χ0n) is 15.3. The number of anilines is 1. The van der Waals surface area contributed by atoms with Crippen LogP contribution in [0.15, 0.2) is 48.5 Å². The first kappa shape index (κ1) is 18.7. The second-order valence-electron chi connectivity index (χ2n) is 6.85. The number of benzene rings is 2. The van der Waals surface area contributed by atoms with Crippen LogP contribution in [0.4, 0.5) is 10.1 Å². The highest BCUT2D eigenvalue weighted by Crippen LogP contribution is 2.18. The van der Waals surface area contributed by atoms with Crippen molar-refractivity contribution >= 4 is 5.69 Å². The molecule has 1 fully saturated rings. The van der Waals surface area contributed by atoms with E-state index in [4.69, 9.17) is 4.74 Å². The Morgan fingerprint density at radius 1 is 1.12 bits per heavy atom. The van der Waals surface area contributed by atoms with Gasteiger partial charge in [0.05, 0.1) is 31.9 Å². The fourth-order valence-electron chi connectivity index (χ4n) is 3.38. The Bertz CT molecular complexity index is 685. The largest absolute Gasteiger partial charge is 0.491 e. The predicted octanol–water partition coefficient (Wildman–Crippen LogP) is 1.53. The molecule has 0 aromatic heterocycles. The van der Waals surface area contributed by atoms with Crippen LogP contribution in [0.25, 0.3) is 0 Å². The number of aliphatic hydroxyl groups excluding tert-OH is 1. The first-order chi connectivity index (χ1) is 12.7. The number of aryl methyl sites for hydroxylation is 1. The van der Waals surface area contributed by atoms with Crippen molar-refractivity contribution in [3.63, 3.8) is 0 Å². The second kappa shape index (κ2) is 9.01. The van der Waals surface area contributed by atoms with Crippen LogP contribution < -0.4 is 14.5 Å². The Hall–Kier alpha value is -2.11. The highest BCUT2D eigenvalue weighted by molar-refractivity contribution is 5.47. The van der Waals surface area contributed by atoms with Crippen LogP contribution in [0.2, 0.25) is 0 Å². The van der Waals surface area contributed by atoms with Crippen LogP contribution >= 0.6 is 0 Å². The molecule has 5 heteroatoms. The number of halogens is 1. The topological polar surface area (TPSA) is 37.1 Å².